The number of hydrogen-bond acceptors (Lipinski definition) is 7. The second kappa shape index (κ2) is 3.67. The molecule has 4 fully saturated rings. The van der Waals surface area contributed by atoms with Gasteiger partial charge in [0.05, 0.1) is 0 Å². The molecule has 0 aromatic rings. The summed E-state index contributed by atoms with van der Waals surface area (Å²) in [6, 6.07) is 0. The van der Waals surface area contributed by atoms with Crippen molar-refractivity contribution in [2.75, 3.05) is 6.61 Å². The lowest BCUT2D eigenvalue weighted by atomic mass is 9.93. The Labute approximate surface area is 110 Å². The maximum Gasteiger partial charge on any atom is 0.312 e. The maximum absolute atomic E-state index is 6.10. The van der Waals surface area contributed by atoms with Crippen LogP contribution in [0.5, 0.6) is 0 Å². The van der Waals surface area contributed by atoms with Crippen LogP contribution in [0.4, 0.5) is 0 Å². The van der Waals surface area contributed by atoms with E-state index >= 15 is 0 Å². The molecule has 3 aliphatic heterocycles. The quantitative estimate of drug-likeness (QED) is 0.623. The van der Waals surface area contributed by atoms with Gasteiger partial charge in [0.25, 0.3) is 11.6 Å². The van der Waals surface area contributed by atoms with Crippen LogP contribution < -0.4 is 0 Å². The van der Waals surface area contributed by atoms with Crippen LogP contribution in [-0.2, 0) is 33.8 Å². The van der Waals surface area contributed by atoms with Crippen LogP contribution in [0.25, 0.3) is 0 Å². The number of rotatable bonds is 0. The van der Waals surface area contributed by atoms with Gasteiger partial charge in [-0.15, -0.1) is 0 Å². The predicted molar refractivity (Wildman–Crippen MR) is 57.8 cm³/mol. The van der Waals surface area contributed by atoms with Crippen molar-refractivity contribution in [1.82, 2.24) is 0 Å². The zero-order chi connectivity index (χ0) is 13.2. The van der Waals surface area contributed by atoms with E-state index in [0.717, 1.165) is 25.7 Å². The van der Waals surface area contributed by atoms with Gasteiger partial charge in [-0.2, -0.15) is 19.6 Å². The van der Waals surface area contributed by atoms with E-state index in [1.54, 1.807) is 13.8 Å². The van der Waals surface area contributed by atoms with Crippen molar-refractivity contribution in [2.24, 2.45) is 0 Å². The average molecular weight is 274 g/mol. The van der Waals surface area contributed by atoms with E-state index in [2.05, 4.69) is 0 Å². The minimum absolute atomic E-state index is 0.127. The number of hydrogen-bond donors (Lipinski definition) is 0. The first kappa shape index (κ1) is 12.5. The molecule has 1 aliphatic carbocycles. The van der Waals surface area contributed by atoms with Crippen molar-refractivity contribution in [3.63, 3.8) is 0 Å². The minimum atomic E-state index is -1.25. The van der Waals surface area contributed by atoms with Crippen molar-refractivity contribution < 1.29 is 33.8 Å². The zero-order valence-electron chi connectivity index (χ0n) is 11.1. The van der Waals surface area contributed by atoms with Crippen LogP contribution in [-0.4, -0.2) is 29.9 Å². The van der Waals surface area contributed by atoms with Crippen molar-refractivity contribution in [2.45, 2.75) is 69.3 Å². The Bertz CT molecular complexity index is 396. The third-order valence-electron chi connectivity index (χ3n) is 4.24. The van der Waals surface area contributed by atoms with Gasteiger partial charge in [0, 0.05) is 19.8 Å². The van der Waals surface area contributed by atoms with E-state index in [9.17, 15) is 0 Å². The molecule has 7 heteroatoms. The van der Waals surface area contributed by atoms with Gasteiger partial charge in [0.15, 0.2) is 0 Å². The summed E-state index contributed by atoms with van der Waals surface area (Å²) in [6.45, 7) is 3.46. The van der Waals surface area contributed by atoms with Crippen molar-refractivity contribution in [1.29, 1.82) is 0 Å². The average Bonchev–Trinajstić information content (AvgIpc) is 2.87. The normalized spacial score (nSPS) is 52.1. The van der Waals surface area contributed by atoms with E-state index in [-0.39, 0.29) is 6.61 Å². The van der Waals surface area contributed by atoms with Crippen molar-refractivity contribution in [3.05, 3.63) is 0 Å². The highest BCUT2D eigenvalue weighted by Crippen LogP contribution is 2.54. The Kier molecular flexibility index (Phi) is 2.41. The van der Waals surface area contributed by atoms with Crippen LogP contribution in [0.1, 0.15) is 46.0 Å². The highest BCUT2D eigenvalue weighted by molar-refractivity contribution is 4.95. The first-order valence-corrected chi connectivity index (χ1v) is 6.77. The SMILES string of the molecule is C[C@@]12OCC3(OOC4(CCCCC4)O3)[C@@](C)(OO1)O2. The lowest BCUT2D eigenvalue weighted by Gasteiger charge is -2.41. The van der Waals surface area contributed by atoms with Gasteiger partial charge in [0.2, 0.25) is 5.79 Å². The molecule has 4 rings (SSSR count). The summed E-state index contributed by atoms with van der Waals surface area (Å²) in [5.74, 6) is -4.38. The molecule has 3 saturated heterocycles. The molecular weight excluding hydrogens is 256 g/mol. The lowest BCUT2D eigenvalue weighted by Crippen LogP contribution is -2.63. The highest BCUT2D eigenvalue weighted by atomic mass is 17.4. The fraction of sp³-hybridized carbons (Fsp3) is 1.00. The Morgan fingerprint density at radius 2 is 1.58 bits per heavy atom. The van der Waals surface area contributed by atoms with Gasteiger partial charge < -0.3 is 9.47 Å². The van der Waals surface area contributed by atoms with Crippen LogP contribution in [0, 0.1) is 0 Å². The van der Waals surface area contributed by atoms with Gasteiger partial charge in [0.1, 0.15) is 6.61 Å². The van der Waals surface area contributed by atoms with E-state index < -0.39 is 23.3 Å². The van der Waals surface area contributed by atoms with Gasteiger partial charge >= 0.3 is 5.97 Å². The summed E-state index contributed by atoms with van der Waals surface area (Å²) in [5.41, 5.74) is 0. The summed E-state index contributed by atoms with van der Waals surface area (Å²) in [7, 11) is 0. The second-order valence-electron chi connectivity index (χ2n) is 5.86. The summed E-state index contributed by atoms with van der Waals surface area (Å²) < 4.78 is 17.2. The number of ether oxygens (including phenoxy) is 3. The standard InChI is InChI=1S/C12H18O7/c1-9-12(8-13-10(2,14-9)17-16-9)15-11(18-19-12)6-4-3-5-7-11/h3-8H2,1-2H3/t9-,10+,12?/m1/s1. The molecular formula is C12H18O7. The molecule has 2 bridgehead atoms. The maximum atomic E-state index is 6.10. The molecule has 0 aromatic carbocycles. The molecule has 0 N–H and O–H groups in total. The third kappa shape index (κ3) is 1.64. The van der Waals surface area contributed by atoms with Gasteiger partial charge in [-0.25, -0.2) is 0 Å². The van der Waals surface area contributed by atoms with Crippen LogP contribution in [0.2, 0.25) is 0 Å². The van der Waals surface area contributed by atoms with Gasteiger partial charge in [-0.3, -0.25) is 4.74 Å². The Hall–Kier alpha value is -0.280. The summed E-state index contributed by atoms with van der Waals surface area (Å²) in [6.07, 6.45) is 4.87. The number of fused-ring (bicyclic) bond motifs is 3. The van der Waals surface area contributed by atoms with E-state index in [1.165, 1.54) is 6.42 Å². The molecule has 0 amide bonds. The van der Waals surface area contributed by atoms with E-state index in [4.69, 9.17) is 33.8 Å². The van der Waals surface area contributed by atoms with Gasteiger partial charge in [-0.05, 0) is 19.8 Å². The lowest BCUT2D eigenvalue weighted by molar-refractivity contribution is -0.460. The largest absolute Gasteiger partial charge is 0.320 e. The van der Waals surface area contributed by atoms with E-state index in [1.807, 2.05) is 0 Å². The fourth-order valence-corrected chi connectivity index (χ4v) is 3.07. The van der Waals surface area contributed by atoms with Crippen molar-refractivity contribution >= 4 is 0 Å². The Morgan fingerprint density at radius 3 is 2.37 bits per heavy atom. The first-order valence-electron chi connectivity index (χ1n) is 6.77. The van der Waals surface area contributed by atoms with Crippen LogP contribution in [0.15, 0.2) is 0 Å². The summed E-state index contributed by atoms with van der Waals surface area (Å²) in [5, 5.41) is 0. The molecule has 1 unspecified atom stereocenters. The molecule has 108 valence electrons. The zero-order valence-corrected chi connectivity index (χ0v) is 11.1. The Morgan fingerprint density at radius 1 is 0.789 bits per heavy atom. The molecule has 1 saturated carbocycles. The smallest absolute Gasteiger partial charge is 0.312 e. The molecule has 4 aliphatic rings. The minimum Gasteiger partial charge on any atom is -0.320 e. The molecule has 7 nitrogen and oxygen atoms in total. The fourth-order valence-electron chi connectivity index (χ4n) is 3.07. The second-order valence-corrected chi connectivity index (χ2v) is 5.86. The highest BCUT2D eigenvalue weighted by Gasteiger charge is 2.73. The molecule has 3 heterocycles. The van der Waals surface area contributed by atoms with E-state index in [0.29, 0.717) is 0 Å². The molecule has 19 heavy (non-hydrogen) atoms. The predicted octanol–water partition coefficient (Wildman–Crippen LogP) is 1.72. The van der Waals surface area contributed by atoms with Crippen LogP contribution in [0.3, 0.4) is 0 Å². The first-order chi connectivity index (χ1) is 8.99. The molecule has 0 radical (unpaired) electrons. The molecule has 0 aromatic heterocycles. The Balaban J connectivity index is 1.62. The molecule has 3 atom stereocenters. The van der Waals surface area contributed by atoms with Crippen molar-refractivity contribution in [3.8, 4) is 0 Å². The summed E-state index contributed by atoms with van der Waals surface area (Å²) in [4.78, 5) is 21.3. The van der Waals surface area contributed by atoms with Gasteiger partial charge in [-0.1, -0.05) is 6.42 Å². The third-order valence-corrected chi connectivity index (χ3v) is 4.24. The van der Waals surface area contributed by atoms with Crippen LogP contribution >= 0.6 is 0 Å². The molecule has 2 spiro atoms. The monoisotopic (exact) mass is 274 g/mol. The summed E-state index contributed by atoms with van der Waals surface area (Å²) >= 11 is 0. The topological polar surface area (TPSA) is 64.6 Å².